The van der Waals surface area contributed by atoms with Gasteiger partial charge in [0.15, 0.2) is 0 Å². The van der Waals surface area contributed by atoms with Gasteiger partial charge in [0.1, 0.15) is 0 Å². The third kappa shape index (κ3) is 2.80. The molecule has 0 nitrogen and oxygen atoms in total. The zero-order chi connectivity index (χ0) is 12.5. The van der Waals surface area contributed by atoms with Crippen molar-refractivity contribution in [2.75, 3.05) is 0 Å². The molecule has 0 N–H and O–H groups in total. The molecule has 0 bridgehead atoms. The van der Waals surface area contributed by atoms with Crippen molar-refractivity contribution >= 4 is 23.5 Å². The van der Waals surface area contributed by atoms with E-state index in [0.717, 1.165) is 0 Å². The Morgan fingerprint density at radius 3 is 1.65 bits per heavy atom. The van der Waals surface area contributed by atoms with Gasteiger partial charge in [0.05, 0.1) is 0 Å². The quantitative estimate of drug-likeness (QED) is 0.554. The van der Waals surface area contributed by atoms with E-state index in [9.17, 15) is 0 Å². The average Bonchev–Trinajstić information content (AvgIpc) is 2.47. The monoisotopic (exact) mass is 262 g/mol. The zero-order valence-electron chi connectivity index (χ0n) is 10.8. The Labute approximate surface area is 113 Å². The Balaban J connectivity index is 2.41. The number of allylic oxidation sites excluding steroid dienone is 6. The molecule has 0 aromatic carbocycles. The van der Waals surface area contributed by atoms with E-state index in [2.05, 4.69) is 64.2 Å². The highest BCUT2D eigenvalue weighted by atomic mass is 32.2. The highest BCUT2D eigenvalue weighted by Crippen LogP contribution is 2.50. The van der Waals surface area contributed by atoms with E-state index in [1.807, 2.05) is 23.5 Å². The van der Waals surface area contributed by atoms with Crippen LogP contribution in [-0.4, -0.2) is 0 Å². The van der Waals surface area contributed by atoms with E-state index in [4.69, 9.17) is 0 Å². The normalized spacial score (nSPS) is 27.5. The van der Waals surface area contributed by atoms with E-state index in [0.29, 0.717) is 0 Å². The van der Waals surface area contributed by atoms with Gasteiger partial charge in [-0.15, -0.1) is 0 Å². The van der Waals surface area contributed by atoms with E-state index in [-0.39, 0.29) is 5.41 Å². The summed E-state index contributed by atoms with van der Waals surface area (Å²) < 4.78 is 0. The molecule has 0 radical (unpaired) electrons. The molecule has 1 aliphatic carbocycles. The molecular weight excluding hydrogens is 244 g/mol. The van der Waals surface area contributed by atoms with Gasteiger partial charge < -0.3 is 0 Å². The molecule has 0 saturated carbocycles. The number of rotatable bonds is 0. The lowest BCUT2D eigenvalue weighted by Crippen LogP contribution is -2.00. The third-order valence-corrected chi connectivity index (χ3v) is 5.54. The van der Waals surface area contributed by atoms with Crippen LogP contribution in [0.25, 0.3) is 0 Å². The van der Waals surface area contributed by atoms with E-state index in [1.54, 1.807) is 0 Å². The van der Waals surface area contributed by atoms with Crippen molar-refractivity contribution in [3.8, 4) is 0 Å². The van der Waals surface area contributed by atoms with E-state index < -0.39 is 0 Å². The molecular formula is C15H18S2. The Morgan fingerprint density at radius 2 is 1.29 bits per heavy atom. The molecule has 90 valence electrons. The molecule has 0 aromatic rings. The summed E-state index contributed by atoms with van der Waals surface area (Å²) in [6.07, 6.45) is 13.5. The molecule has 0 saturated heterocycles. The van der Waals surface area contributed by atoms with Gasteiger partial charge in [-0.25, -0.2) is 0 Å². The molecule has 0 unspecified atom stereocenters. The van der Waals surface area contributed by atoms with Crippen LogP contribution in [0.3, 0.4) is 0 Å². The molecule has 2 aliphatic rings. The van der Waals surface area contributed by atoms with Crippen LogP contribution in [0.2, 0.25) is 0 Å². The van der Waals surface area contributed by atoms with Gasteiger partial charge in [-0.3, -0.25) is 0 Å². The minimum Gasteiger partial charge on any atom is -0.0881 e. The van der Waals surface area contributed by atoms with Crippen LogP contribution in [0.5, 0.6) is 0 Å². The number of thioether (sulfide) groups is 2. The van der Waals surface area contributed by atoms with E-state index >= 15 is 0 Å². The first-order valence-electron chi connectivity index (χ1n) is 5.87. The van der Waals surface area contributed by atoms with Crippen molar-refractivity contribution < 1.29 is 0 Å². The summed E-state index contributed by atoms with van der Waals surface area (Å²) in [6, 6.07) is 0. The van der Waals surface area contributed by atoms with Crippen molar-refractivity contribution in [2.24, 2.45) is 5.41 Å². The predicted octanol–water partition coefficient (Wildman–Crippen LogP) is 5.64. The van der Waals surface area contributed by atoms with Crippen LogP contribution in [-0.2, 0) is 0 Å². The standard InChI is InChI=1S/C15H18S2/c1-5-11-12(6-2)17-14-8-10-15(3,4)9-7-13(14)16-11/h5-10H,1-4H3/b11-5+,12-6+. The van der Waals surface area contributed by atoms with Crippen molar-refractivity contribution in [3.63, 3.8) is 0 Å². The molecule has 0 amide bonds. The Morgan fingerprint density at radius 1 is 0.882 bits per heavy atom. The van der Waals surface area contributed by atoms with Crippen molar-refractivity contribution in [3.05, 3.63) is 56.1 Å². The second-order valence-electron chi connectivity index (χ2n) is 4.73. The molecule has 17 heavy (non-hydrogen) atoms. The first kappa shape index (κ1) is 12.8. The maximum atomic E-state index is 2.29. The fourth-order valence-electron chi connectivity index (χ4n) is 1.71. The Bertz CT molecular complexity index is 429. The topological polar surface area (TPSA) is 0 Å². The van der Waals surface area contributed by atoms with Gasteiger partial charge in [0.2, 0.25) is 0 Å². The Hall–Kier alpha value is -0.600. The lowest BCUT2D eigenvalue weighted by Gasteiger charge is -2.19. The van der Waals surface area contributed by atoms with Crippen LogP contribution in [0.15, 0.2) is 56.1 Å². The SMILES string of the molecule is C/C=C1/SC2=C(C=CC(C)(C)C=C2)S/C1=C/C. The Kier molecular flexibility index (Phi) is 3.74. The maximum Gasteiger partial charge on any atom is 0.0259 e. The molecule has 0 fully saturated rings. The highest BCUT2D eigenvalue weighted by molar-refractivity contribution is 8.15. The largest absolute Gasteiger partial charge is 0.0881 e. The fraction of sp³-hybridized carbons (Fsp3) is 0.333. The van der Waals surface area contributed by atoms with Crippen LogP contribution in [0.1, 0.15) is 27.7 Å². The molecule has 0 aromatic heterocycles. The minimum absolute atomic E-state index is 0.157. The number of hydrogen-bond donors (Lipinski definition) is 0. The first-order valence-corrected chi connectivity index (χ1v) is 7.50. The van der Waals surface area contributed by atoms with Gasteiger partial charge in [-0.1, -0.05) is 73.8 Å². The third-order valence-electron chi connectivity index (χ3n) is 2.78. The maximum absolute atomic E-state index is 2.29. The summed E-state index contributed by atoms with van der Waals surface area (Å²) in [7, 11) is 0. The summed E-state index contributed by atoms with van der Waals surface area (Å²) in [5.74, 6) is 0. The summed E-state index contributed by atoms with van der Waals surface area (Å²) >= 11 is 3.75. The zero-order valence-corrected chi connectivity index (χ0v) is 12.4. The fourth-order valence-corrected chi connectivity index (χ4v) is 3.97. The van der Waals surface area contributed by atoms with Crippen LogP contribution in [0, 0.1) is 5.41 Å². The van der Waals surface area contributed by atoms with Crippen LogP contribution in [0.4, 0.5) is 0 Å². The number of hydrogen-bond acceptors (Lipinski definition) is 2. The highest BCUT2D eigenvalue weighted by Gasteiger charge is 2.21. The molecule has 0 spiro atoms. The first-order chi connectivity index (χ1) is 8.05. The van der Waals surface area contributed by atoms with Crippen LogP contribution < -0.4 is 0 Å². The van der Waals surface area contributed by atoms with Gasteiger partial charge in [-0.05, 0) is 13.8 Å². The van der Waals surface area contributed by atoms with Gasteiger partial charge in [-0.2, -0.15) is 0 Å². The summed E-state index contributed by atoms with van der Waals surface area (Å²) in [6.45, 7) is 8.69. The van der Waals surface area contributed by atoms with Gasteiger partial charge in [0.25, 0.3) is 0 Å². The van der Waals surface area contributed by atoms with Gasteiger partial charge in [0, 0.05) is 25.0 Å². The molecule has 1 aliphatic heterocycles. The van der Waals surface area contributed by atoms with Crippen LogP contribution >= 0.6 is 23.5 Å². The predicted molar refractivity (Wildman–Crippen MR) is 81.8 cm³/mol. The molecule has 0 atom stereocenters. The van der Waals surface area contributed by atoms with Crippen molar-refractivity contribution in [2.45, 2.75) is 27.7 Å². The van der Waals surface area contributed by atoms with Crippen molar-refractivity contribution in [1.29, 1.82) is 0 Å². The summed E-state index contributed by atoms with van der Waals surface area (Å²) in [5.41, 5.74) is 0.157. The molecule has 2 rings (SSSR count). The molecule has 1 heterocycles. The average molecular weight is 262 g/mol. The van der Waals surface area contributed by atoms with E-state index in [1.165, 1.54) is 19.6 Å². The smallest absolute Gasteiger partial charge is 0.0259 e. The summed E-state index contributed by atoms with van der Waals surface area (Å²) in [5, 5.41) is 0. The second-order valence-corrected chi connectivity index (χ2v) is 6.89. The second kappa shape index (κ2) is 4.95. The van der Waals surface area contributed by atoms with Gasteiger partial charge >= 0.3 is 0 Å². The summed E-state index contributed by atoms with van der Waals surface area (Å²) in [4.78, 5) is 5.48. The van der Waals surface area contributed by atoms with Crippen molar-refractivity contribution in [1.82, 2.24) is 0 Å². The lowest BCUT2D eigenvalue weighted by molar-refractivity contribution is 0.627. The lowest BCUT2D eigenvalue weighted by atomic mass is 9.93. The minimum atomic E-state index is 0.157. The molecule has 2 heteroatoms.